The fraction of sp³-hybridized carbons (Fsp3) is 0.286. The average molecular weight is 412 g/mol. The topological polar surface area (TPSA) is 87.5 Å². The summed E-state index contributed by atoms with van der Waals surface area (Å²) in [5, 5.41) is 11.0. The van der Waals surface area contributed by atoms with Crippen molar-refractivity contribution >= 4 is 5.91 Å². The summed E-state index contributed by atoms with van der Waals surface area (Å²) in [5.41, 5.74) is 2.48. The molecular weight excluding hydrogens is 391 g/mol. The van der Waals surface area contributed by atoms with Crippen LogP contribution in [0.4, 0.5) is 4.39 Å². The van der Waals surface area contributed by atoms with Gasteiger partial charge < -0.3 is 19.5 Å². The van der Waals surface area contributed by atoms with Crippen molar-refractivity contribution in [1.82, 2.24) is 20.3 Å². The van der Waals surface area contributed by atoms with Crippen molar-refractivity contribution in [3.63, 3.8) is 0 Å². The normalized spacial score (nSPS) is 15.4. The molecule has 0 saturated carbocycles. The number of carbonyl (C=O) groups excluding carboxylic acids is 1. The van der Waals surface area contributed by atoms with Gasteiger partial charge in [0.1, 0.15) is 23.4 Å². The van der Waals surface area contributed by atoms with Crippen LogP contribution in [0.2, 0.25) is 0 Å². The van der Waals surface area contributed by atoms with Gasteiger partial charge in [-0.15, -0.1) is 5.10 Å². The smallest absolute Gasteiger partial charge is 0.274 e. The van der Waals surface area contributed by atoms with Gasteiger partial charge in [0.15, 0.2) is 5.69 Å². The van der Waals surface area contributed by atoms with E-state index in [9.17, 15) is 9.18 Å². The van der Waals surface area contributed by atoms with E-state index in [0.29, 0.717) is 23.7 Å². The number of amides is 1. The Morgan fingerprint density at radius 1 is 1.23 bits per heavy atom. The highest BCUT2D eigenvalue weighted by atomic mass is 19.1. The third-order valence-corrected chi connectivity index (χ3v) is 4.99. The first-order valence-corrected chi connectivity index (χ1v) is 9.37. The molecule has 0 saturated heterocycles. The Kier molecular flexibility index (Phi) is 5.62. The number of hydrogen-bond donors (Lipinski definition) is 1. The van der Waals surface area contributed by atoms with Gasteiger partial charge in [-0.3, -0.25) is 4.79 Å². The Bertz CT molecular complexity index is 1050. The minimum absolute atomic E-state index is 0.184. The standard InChI is InChI=1S/C21H21FN4O4/c1-28-16-8-5-14(18(9-16)29-2)10-23-21(27)20-17-12-30-19(11-26(17)25-24-20)13-3-6-15(22)7-4-13/h3-9,19H,10-12H2,1-2H3,(H,23,27)/t19-/m0/s1. The van der Waals surface area contributed by atoms with E-state index >= 15 is 0 Å². The third kappa shape index (κ3) is 3.97. The predicted molar refractivity (Wildman–Crippen MR) is 105 cm³/mol. The Morgan fingerprint density at radius 2 is 2.03 bits per heavy atom. The maximum Gasteiger partial charge on any atom is 0.274 e. The van der Waals surface area contributed by atoms with E-state index < -0.39 is 0 Å². The largest absolute Gasteiger partial charge is 0.497 e. The van der Waals surface area contributed by atoms with Crippen molar-refractivity contribution < 1.29 is 23.4 Å². The molecule has 0 fully saturated rings. The Hall–Kier alpha value is -3.46. The van der Waals surface area contributed by atoms with Crippen molar-refractivity contribution in [2.24, 2.45) is 0 Å². The zero-order chi connectivity index (χ0) is 21.1. The molecule has 8 nitrogen and oxygen atoms in total. The van der Waals surface area contributed by atoms with Crippen molar-refractivity contribution in [1.29, 1.82) is 0 Å². The van der Waals surface area contributed by atoms with Gasteiger partial charge in [0.05, 0.1) is 33.1 Å². The van der Waals surface area contributed by atoms with E-state index in [1.165, 1.54) is 12.1 Å². The SMILES string of the molecule is COc1ccc(CNC(=O)c2nnn3c2CO[C@H](c2ccc(F)cc2)C3)c(OC)c1. The second-order valence-electron chi connectivity index (χ2n) is 6.78. The van der Waals surface area contributed by atoms with E-state index in [1.807, 2.05) is 6.07 Å². The lowest BCUT2D eigenvalue weighted by atomic mass is 10.1. The summed E-state index contributed by atoms with van der Waals surface area (Å²) < 4.78 is 31.2. The van der Waals surface area contributed by atoms with Crippen molar-refractivity contribution in [3.8, 4) is 11.5 Å². The summed E-state index contributed by atoms with van der Waals surface area (Å²) in [6, 6.07) is 11.5. The lowest BCUT2D eigenvalue weighted by Gasteiger charge is -2.24. The summed E-state index contributed by atoms with van der Waals surface area (Å²) in [6.45, 7) is 0.842. The molecule has 0 spiro atoms. The van der Waals surface area contributed by atoms with Gasteiger partial charge in [0.25, 0.3) is 5.91 Å². The molecule has 2 aromatic carbocycles. The highest BCUT2D eigenvalue weighted by Crippen LogP contribution is 2.27. The number of nitrogens with one attached hydrogen (secondary N) is 1. The predicted octanol–water partition coefficient (Wildman–Crippen LogP) is 2.64. The Balaban J connectivity index is 1.44. The second kappa shape index (κ2) is 8.50. The monoisotopic (exact) mass is 412 g/mol. The number of ether oxygens (including phenoxy) is 3. The summed E-state index contributed by atoms with van der Waals surface area (Å²) in [4.78, 5) is 12.7. The molecule has 2 heterocycles. The second-order valence-corrected chi connectivity index (χ2v) is 6.78. The lowest BCUT2D eigenvalue weighted by molar-refractivity contribution is -0.00180. The molecule has 0 unspecified atom stereocenters. The maximum absolute atomic E-state index is 13.1. The zero-order valence-corrected chi connectivity index (χ0v) is 16.6. The maximum atomic E-state index is 13.1. The number of halogens is 1. The Labute approximate surface area is 172 Å². The van der Waals surface area contributed by atoms with Crippen molar-refractivity contribution in [2.75, 3.05) is 14.2 Å². The average Bonchev–Trinajstić information content (AvgIpc) is 3.21. The molecular formula is C21H21FN4O4. The van der Waals surface area contributed by atoms with Crippen LogP contribution in [-0.4, -0.2) is 35.1 Å². The van der Waals surface area contributed by atoms with Crippen LogP contribution < -0.4 is 14.8 Å². The summed E-state index contributed by atoms with van der Waals surface area (Å²) >= 11 is 0. The van der Waals surface area contributed by atoms with E-state index in [1.54, 1.807) is 43.2 Å². The molecule has 0 bridgehead atoms. The number of fused-ring (bicyclic) bond motifs is 1. The van der Waals surface area contributed by atoms with Gasteiger partial charge in [-0.1, -0.05) is 17.3 Å². The van der Waals surface area contributed by atoms with E-state index in [4.69, 9.17) is 14.2 Å². The van der Waals surface area contributed by atoms with Crippen LogP contribution in [0.3, 0.4) is 0 Å². The summed E-state index contributed by atoms with van der Waals surface area (Å²) in [5.74, 6) is 0.633. The van der Waals surface area contributed by atoms with Gasteiger partial charge >= 0.3 is 0 Å². The molecule has 0 radical (unpaired) electrons. The molecule has 3 aromatic rings. The summed E-state index contributed by atoms with van der Waals surface area (Å²) in [6.07, 6.45) is -0.278. The molecule has 1 aromatic heterocycles. The number of nitrogens with zero attached hydrogens (tertiary/aromatic N) is 3. The fourth-order valence-electron chi connectivity index (χ4n) is 3.32. The number of methoxy groups -OCH3 is 2. The van der Waals surface area contributed by atoms with Gasteiger partial charge in [0, 0.05) is 18.2 Å². The molecule has 1 aliphatic heterocycles. The van der Waals surface area contributed by atoms with Gasteiger partial charge in [0.2, 0.25) is 0 Å². The van der Waals surface area contributed by atoms with Crippen molar-refractivity contribution in [3.05, 3.63) is 70.8 Å². The Morgan fingerprint density at radius 3 is 2.77 bits per heavy atom. The first kappa shape index (κ1) is 19.8. The fourth-order valence-corrected chi connectivity index (χ4v) is 3.32. The number of aromatic nitrogens is 3. The highest BCUT2D eigenvalue weighted by molar-refractivity contribution is 5.93. The molecule has 1 amide bonds. The van der Waals surface area contributed by atoms with Crippen LogP contribution in [-0.2, 0) is 24.4 Å². The minimum atomic E-state index is -0.349. The van der Waals surface area contributed by atoms with Crippen LogP contribution in [0.1, 0.15) is 33.4 Å². The molecule has 9 heteroatoms. The van der Waals surface area contributed by atoms with Gasteiger partial charge in [-0.25, -0.2) is 9.07 Å². The molecule has 4 rings (SSSR count). The molecule has 156 valence electrons. The summed E-state index contributed by atoms with van der Waals surface area (Å²) in [7, 11) is 3.14. The van der Waals surface area contributed by atoms with Crippen LogP contribution in [0.5, 0.6) is 11.5 Å². The molecule has 30 heavy (non-hydrogen) atoms. The molecule has 1 N–H and O–H groups in total. The quantitative estimate of drug-likeness (QED) is 0.670. The van der Waals surface area contributed by atoms with E-state index in [0.717, 1.165) is 11.1 Å². The number of hydrogen-bond acceptors (Lipinski definition) is 6. The first-order valence-electron chi connectivity index (χ1n) is 9.37. The highest BCUT2D eigenvalue weighted by Gasteiger charge is 2.27. The zero-order valence-electron chi connectivity index (χ0n) is 16.6. The van der Waals surface area contributed by atoms with E-state index in [2.05, 4.69) is 15.6 Å². The number of carbonyl (C=O) groups is 1. The minimum Gasteiger partial charge on any atom is -0.497 e. The van der Waals surface area contributed by atoms with Crippen LogP contribution in [0, 0.1) is 5.82 Å². The molecule has 0 aliphatic carbocycles. The van der Waals surface area contributed by atoms with Gasteiger partial charge in [-0.05, 0) is 29.8 Å². The molecule has 1 atom stereocenters. The van der Waals surface area contributed by atoms with Crippen molar-refractivity contribution in [2.45, 2.75) is 25.8 Å². The van der Waals surface area contributed by atoms with Gasteiger partial charge in [-0.2, -0.15) is 0 Å². The lowest BCUT2D eigenvalue weighted by Crippen LogP contribution is -2.27. The van der Waals surface area contributed by atoms with Crippen LogP contribution in [0.25, 0.3) is 0 Å². The van der Waals surface area contributed by atoms with E-state index in [-0.39, 0.29) is 36.7 Å². The molecule has 1 aliphatic rings. The first-order chi connectivity index (χ1) is 14.6. The number of benzene rings is 2. The van der Waals surface area contributed by atoms with Crippen LogP contribution >= 0.6 is 0 Å². The van der Waals surface area contributed by atoms with Crippen LogP contribution in [0.15, 0.2) is 42.5 Å². The number of rotatable bonds is 6. The third-order valence-electron chi connectivity index (χ3n) is 4.99.